The molecule has 3 atom stereocenters. The molecule has 1 aromatic rings. The second-order valence-electron chi connectivity index (χ2n) is 10.9. The summed E-state index contributed by atoms with van der Waals surface area (Å²) in [6.45, 7) is 0.379. The molecule has 198 valence electrons. The van der Waals surface area contributed by atoms with Gasteiger partial charge in [-0.2, -0.15) is 0 Å². The molecule has 4 aliphatic carbocycles. The third-order valence-corrected chi connectivity index (χ3v) is 8.54. The number of hydrogen-bond donors (Lipinski definition) is 6. The van der Waals surface area contributed by atoms with Crippen molar-refractivity contribution in [1.82, 2.24) is 5.32 Å². The zero-order valence-electron chi connectivity index (χ0n) is 21.0. The summed E-state index contributed by atoms with van der Waals surface area (Å²) >= 11 is 0. The predicted molar refractivity (Wildman–Crippen MR) is 135 cm³/mol. The van der Waals surface area contributed by atoms with Crippen molar-refractivity contribution in [1.29, 1.82) is 0 Å². The van der Waals surface area contributed by atoms with E-state index in [0.29, 0.717) is 23.7 Å². The van der Waals surface area contributed by atoms with E-state index in [1.54, 1.807) is 0 Å². The average Bonchev–Trinajstić information content (AvgIpc) is 3.34. The number of benzene rings is 1. The number of aliphatic hydroxyl groups is 3. The Morgan fingerprint density at radius 1 is 1.16 bits per heavy atom. The Labute approximate surface area is 214 Å². The molecule has 0 unspecified atom stereocenters. The fraction of sp³-hybridized carbons (Fsp3) is 0.519. The molecule has 2 saturated carbocycles. The lowest BCUT2D eigenvalue weighted by Gasteiger charge is -2.46. The van der Waals surface area contributed by atoms with Gasteiger partial charge >= 0.3 is 0 Å². The summed E-state index contributed by atoms with van der Waals surface area (Å²) in [4.78, 5) is 39.9. The lowest BCUT2D eigenvalue weighted by atomic mass is 9.59. The highest BCUT2D eigenvalue weighted by Crippen LogP contribution is 2.53. The topological polar surface area (TPSA) is 173 Å². The highest BCUT2D eigenvalue weighted by Gasteiger charge is 2.60. The maximum Gasteiger partial charge on any atom is 0.255 e. The molecule has 4 aliphatic rings. The molecule has 0 heterocycles. The van der Waals surface area contributed by atoms with Crippen molar-refractivity contribution in [3.05, 3.63) is 39.7 Å². The van der Waals surface area contributed by atoms with Gasteiger partial charge in [-0.1, -0.05) is 12.8 Å². The summed E-state index contributed by atoms with van der Waals surface area (Å²) in [5, 5.41) is 48.3. The molecule has 10 nitrogen and oxygen atoms in total. The van der Waals surface area contributed by atoms with Gasteiger partial charge in [-0.15, -0.1) is 0 Å². The third-order valence-electron chi connectivity index (χ3n) is 8.54. The van der Waals surface area contributed by atoms with E-state index in [9.17, 15) is 34.8 Å². The number of nitrogens with two attached hydrogens (primary N) is 1. The molecule has 1 aromatic carbocycles. The Morgan fingerprint density at radius 3 is 2.46 bits per heavy atom. The minimum absolute atomic E-state index is 0.113. The molecular formula is C27H33N3O7. The number of phenolic OH excluding ortho intramolecular Hbond substituents is 1. The van der Waals surface area contributed by atoms with Gasteiger partial charge in [0, 0.05) is 55.8 Å². The Bertz CT molecular complexity index is 1280. The number of Topliss-reactive ketones (excluding diaryl/α,β-unsaturated/α-hetero) is 2. The number of fused-ring (bicyclic) bond motifs is 3. The third kappa shape index (κ3) is 3.73. The summed E-state index contributed by atoms with van der Waals surface area (Å²) in [5.74, 6) is -6.16. The Hall–Kier alpha value is -3.37. The summed E-state index contributed by atoms with van der Waals surface area (Å²) in [7, 11) is 3.71. The van der Waals surface area contributed by atoms with Crippen LogP contribution in [0.2, 0.25) is 0 Å². The minimum atomic E-state index is -2.56. The standard InChI is InChI=1S/C27H33N3O7/c1-30(2)17-9-13(11-29-15-5-3-4-6-15)22(32)20-16(17)8-12-7-14-10-18(31)21(26(28)36)25(35)27(14,37)24(34)19(12)23(20)33/h9,12,14-15,29,32-33,35,37H,3-8,10-11H2,1-2H3,(H2,28,36)/t12-,14+,27+/m1/s1. The molecule has 2 fully saturated rings. The number of rotatable bonds is 5. The average molecular weight is 512 g/mol. The van der Waals surface area contributed by atoms with Crippen molar-refractivity contribution >= 4 is 28.9 Å². The second kappa shape index (κ2) is 8.88. The molecule has 10 heteroatoms. The molecule has 0 bridgehead atoms. The van der Waals surface area contributed by atoms with Crippen LogP contribution in [0.3, 0.4) is 0 Å². The van der Waals surface area contributed by atoms with Crippen LogP contribution in [-0.4, -0.2) is 63.6 Å². The van der Waals surface area contributed by atoms with Crippen LogP contribution in [0.4, 0.5) is 5.69 Å². The summed E-state index contributed by atoms with van der Waals surface area (Å²) in [5.41, 5.74) is 3.91. The quantitative estimate of drug-likeness (QED) is 0.320. The zero-order valence-corrected chi connectivity index (χ0v) is 21.0. The molecular weight excluding hydrogens is 478 g/mol. The molecule has 0 aromatic heterocycles. The fourth-order valence-electron chi connectivity index (χ4n) is 6.64. The number of aromatic hydroxyl groups is 1. The number of amides is 1. The van der Waals surface area contributed by atoms with Gasteiger partial charge in [-0.05, 0) is 43.2 Å². The van der Waals surface area contributed by atoms with Crippen LogP contribution in [0.1, 0.15) is 55.2 Å². The Balaban J connectivity index is 1.63. The van der Waals surface area contributed by atoms with E-state index in [2.05, 4.69) is 5.32 Å². The summed E-state index contributed by atoms with van der Waals surface area (Å²) in [6.07, 6.45) is 4.49. The summed E-state index contributed by atoms with van der Waals surface area (Å²) in [6, 6.07) is 2.23. The van der Waals surface area contributed by atoms with E-state index in [1.165, 1.54) is 0 Å². The van der Waals surface area contributed by atoms with Crippen LogP contribution in [-0.2, 0) is 27.3 Å². The molecule has 1 amide bonds. The van der Waals surface area contributed by atoms with Gasteiger partial charge in [-0.3, -0.25) is 14.4 Å². The Morgan fingerprint density at radius 2 is 1.84 bits per heavy atom. The van der Waals surface area contributed by atoms with Crippen LogP contribution in [0.25, 0.3) is 5.76 Å². The van der Waals surface area contributed by atoms with Gasteiger partial charge in [-0.25, -0.2) is 0 Å². The summed E-state index contributed by atoms with van der Waals surface area (Å²) < 4.78 is 0. The van der Waals surface area contributed by atoms with Crippen LogP contribution in [0.5, 0.6) is 5.75 Å². The molecule has 0 aliphatic heterocycles. The van der Waals surface area contributed by atoms with Gasteiger partial charge in [0.1, 0.15) is 22.8 Å². The first-order chi connectivity index (χ1) is 17.5. The second-order valence-corrected chi connectivity index (χ2v) is 10.9. The SMILES string of the molecule is CN(C)c1cc(CNC2CCCC2)c(O)c2c1C[C@H]1C[C@H]3CC(=O)C(C(N)=O)=C(O)[C@@]3(O)C(=O)C1=C2O. The number of anilines is 1. The highest BCUT2D eigenvalue weighted by atomic mass is 16.3. The van der Waals surface area contributed by atoms with Gasteiger partial charge in [0.25, 0.3) is 5.91 Å². The van der Waals surface area contributed by atoms with Crippen LogP contribution < -0.4 is 16.0 Å². The largest absolute Gasteiger partial charge is 0.508 e. The van der Waals surface area contributed by atoms with E-state index >= 15 is 0 Å². The molecule has 37 heavy (non-hydrogen) atoms. The highest BCUT2D eigenvalue weighted by molar-refractivity contribution is 6.22. The number of carbonyl (C=O) groups is 3. The predicted octanol–water partition coefficient (Wildman–Crippen LogP) is 1.52. The molecule has 0 spiro atoms. The van der Waals surface area contributed by atoms with E-state index in [-0.39, 0.29) is 36.1 Å². The zero-order chi connectivity index (χ0) is 26.8. The lowest BCUT2D eigenvalue weighted by Crippen LogP contribution is -2.58. The number of carbonyl (C=O) groups excluding carboxylic acids is 3. The van der Waals surface area contributed by atoms with Crippen LogP contribution in [0, 0.1) is 11.8 Å². The van der Waals surface area contributed by atoms with Crippen molar-refractivity contribution in [2.24, 2.45) is 17.6 Å². The van der Waals surface area contributed by atoms with Crippen molar-refractivity contribution in [3.63, 3.8) is 0 Å². The van der Waals surface area contributed by atoms with Crippen LogP contribution >= 0.6 is 0 Å². The van der Waals surface area contributed by atoms with Crippen molar-refractivity contribution < 1.29 is 34.8 Å². The maximum absolute atomic E-state index is 13.7. The number of nitrogens with one attached hydrogen (secondary N) is 1. The number of ketones is 2. The number of aliphatic hydroxyl groups excluding tert-OH is 2. The molecule has 0 saturated heterocycles. The lowest BCUT2D eigenvalue weighted by molar-refractivity contribution is -0.147. The van der Waals surface area contributed by atoms with Crippen molar-refractivity contribution in [2.45, 2.75) is 63.1 Å². The van der Waals surface area contributed by atoms with Gasteiger partial charge in [0.2, 0.25) is 5.78 Å². The first-order valence-corrected chi connectivity index (χ1v) is 12.7. The van der Waals surface area contributed by atoms with Gasteiger partial charge in [0.15, 0.2) is 11.4 Å². The first-order valence-electron chi connectivity index (χ1n) is 12.7. The van der Waals surface area contributed by atoms with Crippen molar-refractivity contribution in [2.75, 3.05) is 19.0 Å². The molecule has 5 rings (SSSR count). The van der Waals surface area contributed by atoms with E-state index in [4.69, 9.17) is 5.73 Å². The number of hydrogen-bond acceptors (Lipinski definition) is 9. The molecule has 7 N–H and O–H groups in total. The molecule has 0 radical (unpaired) electrons. The monoisotopic (exact) mass is 511 g/mol. The number of nitrogens with zero attached hydrogens (tertiary/aromatic N) is 1. The normalized spacial score (nSPS) is 27.8. The maximum atomic E-state index is 13.7. The van der Waals surface area contributed by atoms with E-state index in [0.717, 1.165) is 31.4 Å². The van der Waals surface area contributed by atoms with E-state index < -0.39 is 52.0 Å². The fourth-order valence-corrected chi connectivity index (χ4v) is 6.64. The first kappa shape index (κ1) is 25.3. The minimum Gasteiger partial charge on any atom is -0.508 e. The van der Waals surface area contributed by atoms with E-state index in [1.807, 2.05) is 25.1 Å². The van der Waals surface area contributed by atoms with Gasteiger partial charge in [0.05, 0.1) is 5.56 Å². The van der Waals surface area contributed by atoms with Crippen molar-refractivity contribution in [3.8, 4) is 5.75 Å². The van der Waals surface area contributed by atoms with Crippen LogP contribution in [0.15, 0.2) is 23.0 Å². The van der Waals surface area contributed by atoms with Gasteiger partial charge < -0.3 is 36.4 Å². The smallest absolute Gasteiger partial charge is 0.255 e. The number of primary amides is 1. The Kier molecular flexibility index (Phi) is 6.07. The number of phenols is 1.